The monoisotopic (exact) mass is 349 g/mol. The van der Waals surface area contributed by atoms with Crippen molar-refractivity contribution in [2.75, 3.05) is 7.05 Å². The molecule has 5 nitrogen and oxygen atoms in total. The van der Waals surface area contributed by atoms with E-state index in [-0.39, 0.29) is 17.0 Å². The van der Waals surface area contributed by atoms with E-state index in [1.807, 2.05) is 42.5 Å². The van der Waals surface area contributed by atoms with Gasteiger partial charge in [0.15, 0.2) is 4.96 Å². The van der Waals surface area contributed by atoms with E-state index < -0.39 is 0 Å². The van der Waals surface area contributed by atoms with Crippen LogP contribution >= 0.6 is 11.3 Å². The van der Waals surface area contributed by atoms with Crippen LogP contribution in [0.25, 0.3) is 15.7 Å². The molecule has 124 valence electrons. The second kappa shape index (κ2) is 6.14. The van der Waals surface area contributed by atoms with Gasteiger partial charge in [0.05, 0.1) is 0 Å². The number of carbonyl (C=O) groups is 1. The van der Waals surface area contributed by atoms with Gasteiger partial charge in [0.1, 0.15) is 5.56 Å². The van der Waals surface area contributed by atoms with E-state index in [1.54, 1.807) is 23.5 Å². The lowest BCUT2D eigenvalue weighted by Crippen LogP contribution is -2.32. The maximum absolute atomic E-state index is 12.7. The number of fused-ring (bicyclic) bond motifs is 2. The van der Waals surface area contributed by atoms with Crippen LogP contribution in [-0.2, 0) is 6.54 Å². The molecule has 6 heteroatoms. The molecule has 4 rings (SSSR count). The number of nitrogens with zero attached hydrogens (tertiary/aromatic N) is 3. The first kappa shape index (κ1) is 15.5. The molecule has 0 aliphatic carbocycles. The lowest BCUT2D eigenvalue weighted by molar-refractivity contribution is 0.0783. The van der Waals surface area contributed by atoms with Gasteiger partial charge in [-0.2, -0.15) is 0 Å². The summed E-state index contributed by atoms with van der Waals surface area (Å²) in [6.45, 7) is 0.423. The Morgan fingerprint density at radius 2 is 2.00 bits per heavy atom. The third-order valence-electron chi connectivity index (χ3n) is 4.21. The van der Waals surface area contributed by atoms with Gasteiger partial charge in [0.25, 0.3) is 11.5 Å². The van der Waals surface area contributed by atoms with E-state index >= 15 is 0 Å². The highest BCUT2D eigenvalue weighted by molar-refractivity contribution is 7.15. The van der Waals surface area contributed by atoms with Crippen LogP contribution in [-0.4, -0.2) is 27.2 Å². The second-order valence-corrected chi connectivity index (χ2v) is 6.71. The summed E-state index contributed by atoms with van der Waals surface area (Å²) in [4.78, 5) is 31.6. The molecule has 1 amide bonds. The van der Waals surface area contributed by atoms with Gasteiger partial charge in [0, 0.05) is 31.4 Å². The lowest BCUT2D eigenvalue weighted by atomic mass is 10.0. The highest BCUT2D eigenvalue weighted by Crippen LogP contribution is 2.20. The fraction of sp³-hybridized carbons (Fsp3) is 0.105. The molecule has 0 radical (unpaired) electrons. The van der Waals surface area contributed by atoms with Crippen LogP contribution in [0.4, 0.5) is 0 Å². The molecular formula is C19H15N3O2S. The van der Waals surface area contributed by atoms with E-state index in [0.29, 0.717) is 11.5 Å². The van der Waals surface area contributed by atoms with Crippen molar-refractivity contribution in [3.8, 4) is 0 Å². The maximum Gasteiger partial charge on any atom is 0.271 e. The Kier molecular flexibility index (Phi) is 3.82. The van der Waals surface area contributed by atoms with Crippen molar-refractivity contribution in [1.82, 2.24) is 14.3 Å². The smallest absolute Gasteiger partial charge is 0.271 e. The lowest BCUT2D eigenvalue weighted by Gasteiger charge is -2.18. The Bertz CT molecular complexity index is 1140. The molecule has 0 aliphatic rings. The highest BCUT2D eigenvalue weighted by Gasteiger charge is 2.18. The molecular weight excluding hydrogens is 334 g/mol. The van der Waals surface area contributed by atoms with Crippen LogP contribution in [0.15, 0.2) is 65.0 Å². The van der Waals surface area contributed by atoms with Gasteiger partial charge in [-0.05, 0) is 16.3 Å². The number of amides is 1. The summed E-state index contributed by atoms with van der Waals surface area (Å²) >= 11 is 1.36. The van der Waals surface area contributed by atoms with Gasteiger partial charge in [-0.3, -0.25) is 14.0 Å². The topological polar surface area (TPSA) is 54.7 Å². The molecule has 0 spiro atoms. The number of hydrogen-bond donors (Lipinski definition) is 0. The number of thiazole rings is 1. The molecule has 2 aromatic heterocycles. The number of benzene rings is 2. The van der Waals surface area contributed by atoms with Crippen molar-refractivity contribution < 1.29 is 4.79 Å². The maximum atomic E-state index is 12.7. The summed E-state index contributed by atoms with van der Waals surface area (Å²) in [5, 5.41) is 4.01. The highest BCUT2D eigenvalue weighted by atomic mass is 32.1. The summed E-state index contributed by atoms with van der Waals surface area (Å²) in [7, 11) is 1.70. The molecule has 2 aromatic carbocycles. The number of aromatic nitrogens is 2. The van der Waals surface area contributed by atoms with Crippen LogP contribution in [0.5, 0.6) is 0 Å². The third-order valence-corrected chi connectivity index (χ3v) is 4.98. The molecule has 0 saturated heterocycles. The first-order valence-corrected chi connectivity index (χ1v) is 8.70. The van der Waals surface area contributed by atoms with Crippen LogP contribution in [0.3, 0.4) is 0 Å². The van der Waals surface area contributed by atoms with Crippen LogP contribution in [0.1, 0.15) is 15.9 Å². The summed E-state index contributed by atoms with van der Waals surface area (Å²) in [6, 6.07) is 14.1. The van der Waals surface area contributed by atoms with Gasteiger partial charge in [-0.1, -0.05) is 42.5 Å². The van der Waals surface area contributed by atoms with E-state index in [4.69, 9.17) is 0 Å². The molecule has 0 N–H and O–H groups in total. The van der Waals surface area contributed by atoms with Gasteiger partial charge in [-0.25, -0.2) is 4.98 Å². The number of carbonyl (C=O) groups excluding carboxylic acids is 1. The second-order valence-electron chi connectivity index (χ2n) is 5.83. The summed E-state index contributed by atoms with van der Waals surface area (Å²) in [6.07, 6.45) is 3.01. The van der Waals surface area contributed by atoms with Crippen LogP contribution in [0, 0.1) is 0 Å². The van der Waals surface area contributed by atoms with Crippen molar-refractivity contribution in [3.63, 3.8) is 0 Å². The van der Waals surface area contributed by atoms with E-state index in [2.05, 4.69) is 4.98 Å². The Morgan fingerprint density at radius 3 is 2.88 bits per heavy atom. The first-order chi connectivity index (χ1) is 12.1. The van der Waals surface area contributed by atoms with E-state index in [9.17, 15) is 9.59 Å². The van der Waals surface area contributed by atoms with Gasteiger partial charge >= 0.3 is 0 Å². The minimum absolute atomic E-state index is 0.0821. The molecule has 0 aliphatic heterocycles. The van der Waals surface area contributed by atoms with Gasteiger partial charge in [-0.15, -0.1) is 11.3 Å². The zero-order chi connectivity index (χ0) is 17.4. The van der Waals surface area contributed by atoms with Crippen molar-refractivity contribution in [1.29, 1.82) is 0 Å². The number of rotatable bonds is 3. The average Bonchev–Trinajstić information content (AvgIpc) is 3.11. The van der Waals surface area contributed by atoms with Crippen molar-refractivity contribution in [2.45, 2.75) is 6.54 Å². The summed E-state index contributed by atoms with van der Waals surface area (Å²) in [5.74, 6) is -0.328. The SMILES string of the molecule is CN(Cc1cccc2ccccc12)C(=O)c1cnc2sccn2c1=O. The summed E-state index contributed by atoms with van der Waals surface area (Å²) < 4.78 is 1.41. The molecule has 0 unspecified atom stereocenters. The zero-order valence-electron chi connectivity index (χ0n) is 13.5. The largest absolute Gasteiger partial charge is 0.337 e. The van der Waals surface area contributed by atoms with E-state index in [0.717, 1.165) is 16.3 Å². The molecule has 0 saturated carbocycles. The molecule has 0 atom stereocenters. The molecule has 25 heavy (non-hydrogen) atoms. The molecule has 2 heterocycles. The normalized spacial score (nSPS) is 11.1. The standard InChI is InChI=1S/C19H15N3O2S/c1-21(12-14-7-4-6-13-5-2-3-8-15(13)14)17(23)16-11-20-19-22(18(16)24)9-10-25-19/h2-11H,12H2,1H3. The molecule has 0 bridgehead atoms. The quantitative estimate of drug-likeness (QED) is 0.571. The predicted molar refractivity (Wildman–Crippen MR) is 99.1 cm³/mol. The summed E-state index contributed by atoms with van der Waals surface area (Å²) in [5.41, 5.74) is 0.790. The Morgan fingerprint density at radius 1 is 1.20 bits per heavy atom. The predicted octanol–water partition coefficient (Wildman–Crippen LogP) is 3.18. The average molecular weight is 349 g/mol. The van der Waals surface area contributed by atoms with E-state index in [1.165, 1.54) is 21.9 Å². The van der Waals surface area contributed by atoms with Gasteiger partial charge in [0.2, 0.25) is 0 Å². The van der Waals surface area contributed by atoms with Crippen LogP contribution in [0.2, 0.25) is 0 Å². The van der Waals surface area contributed by atoms with Crippen molar-refractivity contribution in [2.24, 2.45) is 0 Å². The Hall–Kier alpha value is -2.99. The minimum Gasteiger partial charge on any atom is -0.337 e. The Balaban J connectivity index is 1.68. The zero-order valence-corrected chi connectivity index (χ0v) is 14.4. The van der Waals surface area contributed by atoms with Gasteiger partial charge < -0.3 is 4.90 Å². The Labute approximate surface area is 147 Å². The first-order valence-electron chi connectivity index (χ1n) is 7.82. The van der Waals surface area contributed by atoms with Crippen LogP contribution < -0.4 is 5.56 Å². The van der Waals surface area contributed by atoms with Crippen molar-refractivity contribution >= 4 is 33.0 Å². The minimum atomic E-state index is -0.332. The fourth-order valence-corrected chi connectivity index (χ4v) is 3.61. The fourth-order valence-electron chi connectivity index (χ4n) is 2.93. The van der Waals surface area contributed by atoms with Crippen molar-refractivity contribution in [3.05, 3.63) is 81.7 Å². The molecule has 4 aromatic rings. The third kappa shape index (κ3) is 2.70. The number of hydrogen-bond acceptors (Lipinski definition) is 4. The molecule has 0 fully saturated rings.